The van der Waals surface area contributed by atoms with Gasteiger partial charge in [0.05, 0.1) is 0 Å². The van der Waals surface area contributed by atoms with Gasteiger partial charge in [0.1, 0.15) is 5.60 Å². The largest absolute Gasteiger partial charge is 0.381 e. The van der Waals surface area contributed by atoms with Gasteiger partial charge < -0.3 is 5.11 Å². The Bertz CT molecular complexity index is 456. The van der Waals surface area contributed by atoms with E-state index in [2.05, 4.69) is 39.5 Å². The van der Waals surface area contributed by atoms with E-state index in [0.717, 1.165) is 24.7 Å². The first kappa shape index (κ1) is 13.2. The fourth-order valence-electron chi connectivity index (χ4n) is 4.87. The predicted octanol–water partition coefficient (Wildman–Crippen LogP) is 4.11. The molecule has 5 atom stereocenters. The van der Waals surface area contributed by atoms with Gasteiger partial charge in [-0.25, -0.2) is 0 Å². The molecule has 0 bridgehead atoms. The summed E-state index contributed by atoms with van der Waals surface area (Å²) in [5, 5.41) is 10.8. The van der Waals surface area contributed by atoms with Crippen molar-refractivity contribution in [1.82, 2.24) is 0 Å². The molecule has 3 aliphatic carbocycles. The summed E-state index contributed by atoms with van der Waals surface area (Å²) in [4.78, 5) is 0. The zero-order valence-electron chi connectivity index (χ0n) is 12.4. The molecule has 19 heavy (non-hydrogen) atoms. The van der Waals surface area contributed by atoms with E-state index in [9.17, 15) is 5.11 Å². The topological polar surface area (TPSA) is 20.2 Å². The molecule has 104 valence electrons. The van der Waals surface area contributed by atoms with E-state index < -0.39 is 5.60 Å². The standard InChI is InChI=1S/C18H26O/c1-5-18(19)11-7-6-8-14(18)13-9-10-15-16(12(13)2)17(15,3)4/h5,7,9,11-12,14-16,19H,1,6,8,10H2,2-4H3/t12-,14?,15-,16+,18?/m1/s1. The highest BCUT2D eigenvalue weighted by Crippen LogP contribution is 2.67. The van der Waals surface area contributed by atoms with Crippen molar-refractivity contribution < 1.29 is 5.11 Å². The number of allylic oxidation sites excluding steroid dienone is 2. The zero-order valence-corrected chi connectivity index (χ0v) is 12.4. The maximum atomic E-state index is 10.8. The van der Waals surface area contributed by atoms with Crippen LogP contribution in [0, 0.1) is 29.1 Å². The lowest BCUT2D eigenvalue weighted by atomic mass is 9.69. The Labute approximate surface area is 117 Å². The van der Waals surface area contributed by atoms with Crippen LogP contribution < -0.4 is 0 Å². The van der Waals surface area contributed by atoms with Crippen LogP contribution in [0.5, 0.6) is 0 Å². The van der Waals surface area contributed by atoms with Crippen LogP contribution in [0.15, 0.2) is 36.5 Å². The van der Waals surface area contributed by atoms with Gasteiger partial charge >= 0.3 is 0 Å². The Balaban J connectivity index is 1.89. The molecule has 0 spiro atoms. The summed E-state index contributed by atoms with van der Waals surface area (Å²) in [5.41, 5.74) is 1.15. The average Bonchev–Trinajstić information content (AvgIpc) is 2.95. The quantitative estimate of drug-likeness (QED) is 0.739. The van der Waals surface area contributed by atoms with Gasteiger partial charge in [-0.05, 0) is 42.4 Å². The summed E-state index contributed by atoms with van der Waals surface area (Å²) in [6, 6.07) is 0. The third-order valence-electron chi connectivity index (χ3n) is 6.11. The highest BCUT2D eigenvalue weighted by Gasteiger charge is 2.61. The molecule has 3 aliphatic rings. The van der Waals surface area contributed by atoms with Crippen molar-refractivity contribution in [3.8, 4) is 0 Å². The molecule has 0 aromatic carbocycles. The minimum atomic E-state index is -0.829. The third-order valence-corrected chi connectivity index (χ3v) is 6.11. The molecule has 1 nitrogen and oxygen atoms in total. The molecule has 0 saturated heterocycles. The van der Waals surface area contributed by atoms with E-state index >= 15 is 0 Å². The third kappa shape index (κ3) is 1.78. The summed E-state index contributed by atoms with van der Waals surface area (Å²) in [6.45, 7) is 11.0. The van der Waals surface area contributed by atoms with Crippen LogP contribution in [0.1, 0.15) is 40.0 Å². The monoisotopic (exact) mass is 258 g/mol. The van der Waals surface area contributed by atoms with Gasteiger partial charge in [-0.2, -0.15) is 0 Å². The van der Waals surface area contributed by atoms with E-state index in [-0.39, 0.29) is 5.92 Å². The smallest absolute Gasteiger partial charge is 0.107 e. The molecule has 0 aliphatic heterocycles. The molecule has 2 unspecified atom stereocenters. The number of fused-ring (bicyclic) bond motifs is 1. The first-order chi connectivity index (χ1) is 8.92. The van der Waals surface area contributed by atoms with Gasteiger partial charge in [0.2, 0.25) is 0 Å². The van der Waals surface area contributed by atoms with Crippen molar-refractivity contribution in [2.75, 3.05) is 0 Å². The van der Waals surface area contributed by atoms with Crippen molar-refractivity contribution in [3.05, 3.63) is 36.5 Å². The van der Waals surface area contributed by atoms with Crippen molar-refractivity contribution in [2.45, 2.75) is 45.6 Å². The second-order valence-corrected chi connectivity index (χ2v) is 7.31. The van der Waals surface area contributed by atoms with Gasteiger partial charge in [0.25, 0.3) is 0 Å². The zero-order chi connectivity index (χ0) is 13.8. The van der Waals surface area contributed by atoms with Crippen molar-refractivity contribution >= 4 is 0 Å². The van der Waals surface area contributed by atoms with Gasteiger partial charge in [-0.3, -0.25) is 0 Å². The van der Waals surface area contributed by atoms with E-state index in [4.69, 9.17) is 0 Å². The van der Waals surface area contributed by atoms with Crippen LogP contribution >= 0.6 is 0 Å². The van der Waals surface area contributed by atoms with Crippen LogP contribution in [0.4, 0.5) is 0 Å². The highest BCUT2D eigenvalue weighted by atomic mass is 16.3. The summed E-state index contributed by atoms with van der Waals surface area (Å²) >= 11 is 0. The van der Waals surface area contributed by atoms with Crippen molar-refractivity contribution in [3.63, 3.8) is 0 Å². The van der Waals surface area contributed by atoms with Gasteiger partial charge in [0.15, 0.2) is 0 Å². The van der Waals surface area contributed by atoms with Crippen LogP contribution in [-0.4, -0.2) is 10.7 Å². The maximum absolute atomic E-state index is 10.8. The lowest BCUT2D eigenvalue weighted by Gasteiger charge is -2.39. The SMILES string of the molecule is C=CC1(O)C=CCCC1C1=CC[C@@H]2[C@H]([C@@H]1C)C2(C)C. The van der Waals surface area contributed by atoms with Crippen LogP contribution in [0.3, 0.4) is 0 Å². The van der Waals surface area contributed by atoms with Gasteiger partial charge in [-0.15, -0.1) is 0 Å². The van der Waals surface area contributed by atoms with Crippen LogP contribution in [0.2, 0.25) is 0 Å². The summed E-state index contributed by atoms with van der Waals surface area (Å²) in [7, 11) is 0. The molecule has 0 amide bonds. The minimum Gasteiger partial charge on any atom is -0.381 e. The Kier molecular flexibility index (Phi) is 2.83. The van der Waals surface area contributed by atoms with Crippen molar-refractivity contribution in [2.24, 2.45) is 29.1 Å². The van der Waals surface area contributed by atoms with Gasteiger partial charge in [0, 0.05) is 5.92 Å². The minimum absolute atomic E-state index is 0.238. The first-order valence-electron chi connectivity index (χ1n) is 7.65. The van der Waals surface area contributed by atoms with E-state index in [1.54, 1.807) is 6.08 Å². The second kappa shape index (κ2) is 4.09. The molecule has 0 heterocycles. The molecule has 1 saturated carbocycles. The number of aliphatic hydroxyl groups is 1. The van der Waals surface area contributed by atoms with Crippen molar-refractivity contribution in [1.29, 1.82) is 0 Å². The normalized spacial score (nSPS) is 47.3. The van der Waals surface area contributed by atoms with E-state index in [0.29, 0.717) is 11.3 Å². The maximum Gasteiger partial charge on any atom is 0.107 e. The number of rotatable bonds is 2. The molecular formula is C18H26O. The van der Waals surface area contributed by atoms with E-state index in [1.165, 1.54) is 12.0 Å². The summed E-state index contributed by atoms with van der Waals surface area (Å²) < 4.78 is 0. The Morgan fingerprint density at radius 3 is 2.84 bits per heavy atom. The van der Waals surface area contributed by atoms with Crippen LogP contribution in [-0.2, 0) is 0 Å². The Morgan fingerprint density at radius 1 is 1.42 bits per heavy atom. The average molecular weight is 258 g/mol. The Morgan fingerprint density at radius 2 is 2.16 bits per heavy atom. The lowest BCUT2D eigenvalue weighted by molar-refractivity contribution is 0.0755. The summed E-state index contributed by atoms with van der Waals surface area (Å²) in [6.07, 6.45) is 11.5. The highest BCUT2D eigenvalue weighted by molar-refractivity contribution is 5.32. The molecule has 1 heteroatoms. The predicted molar refractivity (Wildman–Crippen MR) is 79.6 cm³/mol. The molecule has 3 rings (SSSR count). The van der Waals surface area contributed by atoms with E-state index in [1.807, 2.05) is 6.08 Å². The molecule has 1 fully saturated rings. The number of hydrogen-bond donors (Lipinski definition) is 1. The molecule has 1 N–H and O–H groups in total. The van der Waals surface area contributed by atoms with Gasteiger partial charge in [-0.1, -0.05) is 57.2 Å². The molecule has 0 aromatic heterocycles. The fourth-order valence-corrected chi connectivity index (χ4v) is 4.87. The second-order valence-electron chi connectivity index (χ2n) is 7.31. The molecule has 0 radical (unpaired) electrons. The molecular weight excluding hydrogens is 232 g/mol. The van der Waals surface area contributed by atoms with Crippen LogP contribution in [0.25, 0.3) is 0 Å². The molecule has 0 aromatic rings. The number of hydrogen-bond acceptors (Lipinski definition) is 1. The fraction of sp³-hybridized carbons (Fsp3) is 0.667. The lowest BCUT2D eigenvalue weighted by Crippen LogP contribution is -2.39. The Hall–Kier alpha value is -0.820. The summed E-state index contributed by atoms with van der Waals surface area (Å²) in [5.74, 6) is 2.52. The first-order valence-corrected chi connectivity index (χ1v) is 7.65.